The van der Waals surface area contributed by atoms with Crippen molar-refractivity contribution >= 4 is 16.7 Å². The third-order valence-electron chi connectivity index (χ3n) is 4.62. The lowest BCUT2D eigenvalue weighted by atomic mass is 9.94. The first kappa shape index (κ1) is 14.1. The van der Waals surface area contributed by atoms with Gasteiger partial charge in [0.15, 0.2) is 5.78 Å². The summed E-state index contributed by atoms with van der Waals surface area (Å²) in [5.41, 5.74) is 4.32. The molecular weight excluding hydrogens is 286 g/mol. The van der Waals surface area contributed by atoms with Crippen LogP contribution in [-0.4, -0.2) is 10.4 Å². The number of carbonyl (C=O) groups excluding carboxylic acids is 1. The molecule has 0 radical (unpaired) electrons. The first-order valence-electron chi connectivity index (χ1n) is 8.05. The van der Waals surface area contributed by atoms with E-state index in [9.17, 15) is 4.79 Å². The lowest BCUT2D eigenvalue weighted by molar-refractivity contribution is 0.0965. The Morgan fingerprint density at radius 1 is 1.09 bits per heavy atom. The minimum Gasteiger partial charge on any atom is -0.489 e. The number of benzene rings is 2. The van der Waals surface area contributed by atoms with E-state index in [1.807, 2.05) is 35.9 Å². The fourth-order valence-corrected chi connectivity index (χ4v) is 3.48. The van der Waals surface area contributed by atoms with E-state index < -0.39 is 0 Å². The molecule has 1 aliphatic rings. The number of hydrogen-bond acceptors (Lipinski definition) is 2. The van der Waals surface area contributed by atoms with Crippen LogP contribution in [0.4, 0.5) is 0 Å². The van der Waals surface area contributed by atoms with Gasteiger partial charge in [0.05, 0.1) is 5.69 Å². The Morgan fingerprint density at radius 2 is 1.91 bits per heavy atom. The van der Waals surface area contributed by atoms with E-state index in [2.05, 4.69) is 24.3 Å². The highest BCUT2D eigenvalue weighted by Gasteiger charge is 2.24. The summed E-state index contributed by atoms with van der Waals surface area (Å²) in [7, 11) is 1.98. The van der Waals surface area contributed by atoms with E-state index in [-0.39, 0.29) is 5.78 Å². The molecule has 0 N–H and O–H groups in total. The van der Waals surface area contributed by atoms with Crippen LogP contribution in [0, 0.1) is 0 Å². The van der Waals surface area contributed by atoms with Gasteiger partial charge in [-0.2, -0.15) is 0 Å². The molecule has 3 nitrogen and oxygen atoms in total. The van der Waals surface area contributed by atoms with E-state index in [0.29, 0.717) is 13.0 Å². The summed E-state index contributed by atoms with van der Waals surface area (Å²) in [6.07, 6.45) is 2.58. The summed E-state index contributed by atoms with van der Waals surface area (Å²) in [4.78, 5) is 12.2. The lowest BCUT2D eigenvalue weighted by Crippen LogP contribution is -2.13. The molecule has 0 fully saturated rings. The van der Waals surface area contributed by atoms with Crippen LogP contribution < -0.4 is 4.74 Å². The monoisotopic (exact) mass is 305 g/mol. The van der Waals surface area contributed by atoms with Crippen molar-refractivity contribution < 1.29 is 9.53 Å². The molecule has 0 saturated carbocycles. The number of aromatic nitrogens is 1. The Bertz CT molecular complexity index is 878. The average Bonchev–Trinajstić information content (AvgIpc) is 2.88. The van der Waals surface area contributed by atoms with Crippen molar-refractivity contribution in [1.29, 1.82) is 0 Å². The van der Waals surface area contributed by atoms with Gasteiger partial charge >= 0.3 is 0 Å². The van der Waals surface area contributed by atoms with Crippen molar-refractivity contribution in [1.82, 2.24) is 4.57 Å². The van der Waals surface area contributed by atoms with E-state index in [4.69, 9.17) is 4.74 Å². The van der Waals surface area contributed by atoms with Crippen LogP contribution in [0.5, 0.6) is 5.75 Å². The molecule has 0 amide bonds. The molecule has 0 unspecified atom stereocenters. The van der Waals surface area contributed by atoms with Gasteiger partial charge in [-0.15, -0.1) is 0 Å². The molecule has 23 heavy (non-hydrogen) atoms. The van der Waals surface area contributed by atoms with Crippen molar-refractivity contribution in [2.24, 2.45) is 7.05 Å². The summed E-state index contributed by atoms with van der Waals surface area (Å²) < 4.78 is 7.97. The Labute approximate surface area is 135 Å². The topological polar surface area (TPSA) is 31.2 Å². The number of aryl methyl sites for hydroxylation is 2. The molecule has 3 heteroatoms. The Balaban J connectivity index is 1.69. The van der Waals surface area contributed by atoms with Crippen LogP contribution in [-0.2, 0) is 20.1 Å². The summed E-state index contributed by atoms with van der Waals surface area (Å²) in [6.45, 7) is 0.556. The number of rotatable bonds is 3. The molecule has 116 valence electrons. The van der Waals surface area contributed by atoms with Crippen LogP contribution in [0.1, 0.15) is 34.5 Å². The minimum atomic E-state index is 0.261. The maximum absolute atomic E-state index is 12.2. The van der Waals surface area contributed by atoms with Crippen molar-refractivity contribution in [2.75, 3.05) is 0 Å². The van der Waals surface area contributed by atoms with Gasteiger partial charge in [-0.25, -0.2) is 0 Å². The third-order valence-corrected chi connectivity index (χ3v) is 4.62. The Morgan fingerprint density at radius 3 is 2.74 bits per heavy atom. The first-order valence-corrected chi connectivity index (χ1v) is 8.05. The Hall–Kier alpha value is -2.55. The van der Waals surface area contributed by atoms with E-state index in [1.165, 1.54) is 5.56 Å². The van der Waals surface area contributed by atoms with Gasteiger partial charge < -0.3 is 9.30 Å². The molecule has 1 heterocycles. The van der Waals surface area contributed by atoms with Gasteiger partial charge in [-0.3, -0.25) is 4.79 Å². The zero-order chi connectivity index (χ0) is 15.8. The zero-order valence-corrected chi connectivity index (χ0v) is 13.2. The molecule has 0 spiro atoms. The van der Waals surface area contributed by atoms with E-state index in [0.717, 1.165) is 40.8 Å². The van der Waals surface area contributed by atoms with Crippen LogP contribution in [0.25, 0.3) is 10.9 Å². The summed E-state index contributed by atoms with van der Waals surface area (Å²) in [6, 6.07) is 16.3. The van der Waals surface area contributed by atoms with Crippen molar-refractivity contribution in [3.8, 4) is 5.75 Å². The summed E-state index contributed by atoms with van der Waals surface area (Å²) >= 11 is 0. The van der Waals surface area contributed by atoms with Crippen LogP contribution in [0.3, 0.4) is 0 Å². The molecule has 2 aromatic carbocycles. The van der Waals surface area contributed by atoms with Crippen LogP contribution >= 0.6 is 0 Å². The normalized spacial score (nSPS) is 14.0. The molecule has 1 aromatic heterocycles. The highest BCUT2D eigenvalue weighted by atomic mass is 16.5. The minimum absolute atomic E-state index is 0.261. The lowest BCUT2D eigenvalue weighted by Gasteiger charge is -2.11. The number of fused-ring (bicyclic) bond motifs is 3. The van der Waals surface area contributed by atoms with Crippen molar-refractivity contribution in [3.63, 3.8) is 0 Å². The third kappa shape index (κ3) is 2.42. The van der Waals surface area contributed by atoms with Crippen LogP contribution in [0.2, 0.25) is 0 Å². The quantitative estimate of drug-likeness (QED) is 0.723. The van der Waals surface area contributed by atoms with E-state index in [1.54, 1.807) is 0 Å². The zero-order valence-electron chi connectivity index (χ0n) is 13.2. The fraction of sp³-hybridized carbons (Fsp3) is 0.250. The average molecular weight is 305 g/mol. The molecular formula is C20H19NO2. The molecule has 0 saturated heterocycles. The predicted molar refractivity (Wildman–Crippen MR) is 91.0 cm³/mol. The first-order chi connectivity index (χ1) is 11.2. The van der Waals surface area contributed by atoms with Crippen molar-refractivity contribution in [2.45, 2.75) is 25.9 Å². The highest BCUT2D eigenvalue weighted by molar-refractivity contribution is 6.04. The fourth-order valence-electron chi connectivity index (χ4n) is 3.48. The highest BCUT2D eigenvalue weighted by Crippen LogP contribution is 2.33. The van der Waals surface area contributed by atoms with Gasteiger partial charge in [0.1, 0.15) is 12.4 Å². The maximum Gasteiger partial charge on any atom is 0.179 e. The van der Waals surface area contributed by atoms with E-state index >= 15 is 0 Å². The number of ether oxygens (including phenoxy) is 1. The number of carbonyl (C=O) groups is 1. The second-order valence-electron chi connectivity index (χ2n) is 6.12. The van der Waals surface area contributed by atoms with Crippen LogP contribution in [0.15, 0.2) is 48.5 Å². The largest absolute Gasteiger partial charge is 0.489 e. The molecule has 0 atom stereocenters. The van der Waals surface area contributed by atoms with Gasteiger partial charge in [-0.05, 0) is 42.2 Å². The molecule has 3 aromatic rings. The maximum atomic E-state index is 12.2. The number of ketones is 1. The summed E-state index contributed by atoms with van der Waals surface area (Å²) in [5.74, 6) is 1.12. The Kier molecular flexibility index (Phi) is 3.41. The number of Topliss-reactive ketones (excluding diaryl/α,β-unsaturated/α-hetero) is 1. The second kappa shape index (κ2) is 5.58. The molecule has 1 aliphatic carbocycles. The molecule has 0 bridgehead atoms. The summed E-state index contributed by atoms with van der Waals surface area (Å²) in [5, 5.41) is 1.15. The van der Waals surface area contributed by atoms with Gasteiger partial charge in [0, 0.05) is 24.4 Å². The van der Waals surface area contributed by atoms with Crippen molar-refractivity contribution in [3.05, 3.63) is 65.4 Å². The molecule has 4 rings (SSSR count). The predicted octanol–water partition coefficient (Wildman–Crippen LogP) is 4.28. The SMILES string of the molecule is Cn1c2c(c3cc(OCc4ccccc4)ccc31)CCCC2=O. The molecule has 0 aliphatic heterocycles. The van der Waals surface area contributed by atoms with Gasteiger partial charge in [0.25, 0.3) is 0 Å². The van der Waals surface area contributed by atoms with Gasteiger partial charge in [0.2, 0.25) is 0 Å². The second-order valence-corrected chi connectivity index (χ2v) is 6.12. The number of hydrogen-bond donors (Lipinski definition) is 0. The standard InChI is InChI=1S/C20H19NO2/c1-21-18-11-10-15(23-13-14-6-3-2-4-7-14)12-17(18)16-8-5-9-19(22)20(16)21/h2-4,6-7,10-12H,5,8-9,13H2,1H3. The smallest absolute Gasteiger partial charge is 0.179 e. The van der Waals surface area contributed by atoms with Gasteiger partial charge in [-0.1, -0.05) is 30.3 Å². The number of nitrogens with zero attached hydrogens (tertiary/aromatic N) is 1.